The van der Waals surface area contributed by atoms with Crippen LogP contribution in [0.5, 0.6) is 5.75 Å². The van der Waals surface area contributed by atoms with E-state index in [1.165, 1.54) is 12.1 Å². The van der Waals surface area contributed by atoms with Gasteiger partial charge in [-0.15, -0.1) is 0 Å². The van der Waals surface area contributed by atoms with E-state index in [9.17, 15) is 10.1 Å². The number of rotatable bonds is 4. The quantitative estimate of drug-likeness (QED) is 0.484. The zero-order valence-corrected chi connectivity index (χ0v) is 12.4. The van der Waals surface area contributed by atoms with Crippen molar-refractivity contribution in [3.63, 3.8) is 0 Å². The summed E-state index contributed by atoms with van der Waals surface area (Å²) in [6, 6.07) is 4.49. The molecule has 1 aliphatic heterocycles. The van der Waals surface area contributed by atoms with Gasteiger partial charge in [0.1, 0.15) is 5.75 Å². The van der Waals surface area contributed by atoms with Crippen LogP contribution in [0, 0.1) is 10.1 Å². The fourth-order valence-electron chi connectivity index (χ4n) is 1.89. The van der Waals surface area contributed by atoms with Gasteiger partial charge in [-0.25, -0.2) is 4.67 Å². The highest BCUT2D eigenvalue weighted by Crippen LogP contribution is 2.56. The van der Waals surface area contributed by atoms with Crippen molar-refractivity contribution in [2.24, 2.45) is 0 Å². The molecule has 1 atom stereocenters. The minimum atomic E-state index is -2.50. The molecule has 0 bridgehead atoms. The van der Waals surface area contributed by atoms with Crippen molar-refractivity contribution in [3.8, 4) is 5.75 Å². The lowest BCUT2D eigenvalue weighted by Gasteiger charge is -2.35. The Kier molecular flexibility index (Phi) is 4.20. The summed E-state index contributed by atoms with van der Waals surface area (Å²) in [5.74, 6) is 0.590. The summed E-state index contributed by atoms with van der Waals surface area (Å²) in [5, 5.41) is 10.7. The molecule has 2 rings (SSSR count). The second kappa shape index (κ2) is 5.54. The first-order valence-electron chi connectivity index (χ1n) is 5.97. The highest BCUT2D eigenvalue weighted by Gasteiger charge is 2.33. The summed E-state index contributed by atoms with van der Waals surface area (Å²) < 4.78 is 13.5. The molecule has 1 heterocycles. The van der Waals surface area contributed by atoms with Crippen LogP contribution in [0.1, 0.15) is 19.4 Å². The first kappa shape index (κ1) is 14.4. The molecule has 1 unspecified atom stereocenters. The lowest BCUT2D eigenvalue weighted by Crippen LogP contribution is -2.25. The maximum absolute atomic E-state index is 10.7. The van der Waals surface area contributed by atoms with Crippen molar-refractivity contribution in [2.45, 2.75) is 20.5 Å². The maximum Gasteiger partial charge on any atom is 0.315 e. The zero-order valence-electron chi connectivity index (χ0n) is 10.7. The molecule has 0 saturated heterocycles. The van der Waals surface area contributed by atoms with Crippen molar-refractivity contribution < 1.29 is 14.0 Å². The second-order valence-electron chi connectivity index (χ2n) is 4.02. The number of nitrogens with zero attached hydrogens (tertiary/aromatic N) is 2. The molecule has 1 aliphatic rings. The smallest absolute Gasteiger partial charge is 0.315 e. The van der Waals surface area contributed by atoms with E-state index in [1.54, 1.807) is 6.07 Å². The third-order valence-corrected chi connectivity index (χ3v) is 6.30. The molecular formula is C11H15N2O4PS. The normalized spacial score (nSPS) is 21.8. The Bertz CT molecular complexity index is 547. The van der Waals surface area contributed by atoms with Gasteiger partial charge in [-0.05, 0) is 17.9 Å². The first-order chi connectivity index (χ1) is 9.00. The fraction of sp³-hybridized carbons (Fsp3) is 0.455. The van der Waals surface area contributed by atoms with E-state index in [1.807, 2.05) is 18.5 Å². The molecule has 0 aromatic heterocycles. The van der Waals surface area contributed by atoms with Gasteiger partial charge in [0.05, 0.1) is 11.5 Å². The Morgan fingerprint density at radius 2 is 2.16 bits per heavy atom. The molecule has 0 N–H and O–H groups in total. The van der Waals surface area contributed by atoms with E-state index >= 15 is 0 Å². The number of benzene rings is 1. The monoisotopic (exact) mass is 302 g/mol. The van der Waals surface area contributed by atoms with Crippen molar-refractivity contribution in [1.82, 2.24) is 4.67 Å². The molecule has 104 valence electrons. The predicted molar refractivity (Wildman–Crippen MR) is 75.7 cm³/mol. The minimum Gasteiger partial charge on any atom is -0.432 e. The standard InChI is InChI=1S/C11H15N2O4PS/c1-3-12(4-2)18(19)16-8-9-7-10(13(14)15)5-6-11(9)17-18/h5-7H,3-4,8H2,1-2H3. The Labute approximate surface area is 116 Å². The highest BCUT2D eigenvalue weighted by atomic mass is 32.5. The Hall–Kier alpha value is -1.01. The van der Waals surface area contributed by atoms with Crippen LogP contribution in [0.25, 0.3) is 0 Å². The first-order valence-corrected chi connectivity index (χ1v) is 8.56. The van der Waals surface area contributed by atoms with E-state index in [0.717, 1.165) is 13.1 Å². The molecule has 0 aliphatic carbocycles. The van der Waals surface area contributed by atoms with Gasteiger partial charge in [-0.3, -0.25) is 10.1 Å². The van der Waals surface area contributed by atoms with E-state index in [4.69, 9.17) is 20.9 Å². The van der Waals surface area contributed by atoms with E-state index < -0.39 is 11.6 Å². The largest absolute Gasteiger partial charge is 0.432 e. The average Bonchev–Trinajstić information content (AvgIpc) is 2.39. The molecule has 0 fully saturated rings. The van der Waals surface area contributed by atoms with Gasteiger partial charge in [0.25, 0.3) is 5.69 Å². The number of hydrogen-bond acceptors (Lipinski definition) is 5. The minimum absolute atomic E-state index is 0.0315. The zero-order chi connectivity index (χ0) is 14.0. The molecule has 0 amide bonds. The number of non-ortho nitro benzene ring substituents is 1. The Morgan fingerprint density at radius 3 is 2.74 bits per heavy atom. The summed E-state index contributed by atoms with van der Waals surface area (Å²) in [5.41, 5.74) is 0.700. The average molecular weight is 302 g/mol. The summed E-state index contributed by atoms with van der Waals surface area (Å²) in [6.07, 6.45) is 0. The van der Waals surface area contributed by atoms with Crippen LogP contribution in [0.3, 0.4) is 0 Å². The molecular weight excluding hydrogens is 287 g/mol. The summed E-state index contributed by atoms with van der Waals surface area (Å²) in [6.45, 7) is 3.24. The summed E-state index contributed by atoms with van der Waals surface area (Å²) in [7, 11) is 0. The molecule has 0 spiro atoms. The second-order valence-corrected chi connectivity index (χ2v) is 7.35. The van der Waals surface area contributed by atoms with Gasteiger partial charge < -0.3 is 9.05 Å². The van der Waals surface area contributed by atoms with Crippen molar-refractivity contribution >= 4 is 24.1 Å². The number of nitro benzene ring substituents is 1. The van der Waals surface area contributed by atoms with E-state index in [-0.39, 0.29) is 12.3 Å². The molecule has 0 saturated carbocycles. The number of hydrogen-bond donors (Lipinski definition) is 0. The van der Waals surface area contributed by atoms with Crippen molar-refractivity contribution in [3.05, 3.63) is 33.9 Å². The van der Waals surface area contributed by atoms with E-state index in [0.29, 0.717) is 11.3 Å². The molecule has 8 heteroatoms. The Morgan fingerprint density at radius 1 is 1.47 bits per heavy atom. The van der Waals surface area contributed by atoms with Crippen LogP contribution in [0.2, 0.25) is 0 Å². The van der Waals surface area contributed by atoms with Crippen LogP contribution >= 0.6 is 6.64 Å². The van der Waals surface area contributed by atoms with Crippen LogP contribution in [-0.2, 0) is 22.9 Å². The van der Waals surface area contributed by atoms with Gasteiger partial charge in [-0.2, -0.15) is 0 Å². The molecule has 1 aromatic carbocycles. The fourth-order valence-corrected chi connectivity index (χ4v) is 4.74. The molecule has 19 heavy (non-hydrogen) atoms. The van der Waals surface area contributed by atoms with Crippen molar-refractivity contribution in [2.75, 3.05) is 13.1 Å². The third-order valence-electron chi connectivity index (χ3n) is 2.93. The lowest BCUT2D eigenvalue weighted by molar-refractivity contribution is -0.385. The predicted octanol–water partition coefficient (Wildman–Crippen LogP) is 3.07. The summed E-state index contributed by atoms with van der Waals surface area (Å²) in [4.78, 5) is 10.3. The van der Waals surface area contributed by atoms with Gasteiger partial charge in [0.2, 0.25) is 0 Å². The van der Waals surface area contributed by atoms with Crippen molar-refractivity contribution in [1.29, 1.82) is 0 Å². The topological polar surface area (TPSA) is 64.8 Å². The van der Waals surface area contributed by atoms with Crippen LogP contribution in [-0.4, -0.2) is 22.7 Å². The SMILES string of the molecule is CCN(CC)P1(=S)OCc2cc([N+](=O)[O-])ccc2O1. The lowest BCUT2D eigenvalue weighted by atomic mass is 10.2. The van der Waals surface area contributed by atoms with Crippen LogP contribution in [0.4, 0.5) is 5.69 Å². The van der Waals surface area contributed by atoms with Gasteiger partial charge in [0.15, 0.2) is 0 Å². The Balaban J connectivity index is 2.30. The number of fused-ring (bicyclic) bond motifs is 1. The van der Waals surface area contributed by atoms with E-state index in [2.05, 4.69) is 0 Å². The van der Waals surface area contributed by atoms with Gasteiger partial charge in [-0.1, -0.05) is 13.8 Å². The van der Waals surface area contributed by atoms with Crippen LogP contribution < -0.4 is 4.52 Å². The molecule has 1 aromatic rings. The number of nitro groups is 1. The highest BCUT2D eigenvalue weighted by molar-refractivity contribution is 8.08. The van der Waals surface area contributed by atoms with Gasteiger partial charge in [0, 0.05) is 30.8 Å². The molecule has 0 radical (unpaired) electrons. The maximum atomic E-state index is 10.7. The van der Waals surface area contributed by atoms with Crippen LogP contribution in [0.15, 0.2) is 18.2 Å². The summed E-state index contributed by atoms with van der Waals surface area (Å²) >= 11 is 5.49. The molecule has 6 nitrogen and oxygen atoms in total. The van der Waals surface area contributed by atoms with Gasteiger partial charge >= 0.3 is 6.64 Å². The third kappa shape index (κ3) is 2.79.